The average Bonchev–Trinajstić information content (AvgIpc) is 3.20. The average molecular weight is 438 g/mol. The maximum absolute atomic E-state index is 13.0. The molecule has 0 aliphatic carbocycles. The fourth-order valence-electron chi connectivity index (χ4n) is 3.41. The first-order chi connectivity index (χ1) is 15.3. The van der Waals surface area contributed by atoms with Crippen molar-refractivity contribution in [3.05, 3.63) is 90.0 Å². The van der Waals surface area contributed by atoms with Crippen LogP contribution in [0.2, 0.25) is 0 Å². The number of carbonyl (C=O) groups is 1. The minimum absolute atomic E-state index is 0.0703. The Kier molecular flexibility index (Phi) is 5.44. The van der Waals surface area contributed by atoms with E-state index in [0.717, 1.165) is 12.1 Å². The van der Waals surface area contributed by atoms with E-state index in [-0.39, 0.29) is 16.8 Å². The molecule has 162 valence electrons. The lowest BCUT2D eigenvalue weighted by Gasteiger charge is -2.09. The highest BCUT2D eigenvalue weighted by Gasteiger charge is 2.31. The molecule has 0 radical (unpaired) electrons. The first-order valence-corrected chi connectivity index (χ1v) is 9.53. The van der Waals surface area contributed by atoms with Crippen LogP contribution in [0, 0.1) is 0 Å². The Hall–Kier alpha value is -4.07. The highest BCUT2D eigenvalue weighted by molar-refractivity contribution is 6.01. The summed E-state index contributed by atoms with van der Waals surface area (Å²) in [5.74, 6) is -0.623. The van der Waals surface area contributed by atoms with Crippen LogP contribution in [-0.4, -0.2) is 28.0 Å². The Morgan fingerprint density at radius 3 is 2.06 bits per heavy atom. The Morgan fingerprint density at radius 2 is 1.53 bits per heavy atom. The molecule has 8 heteroatoms. The van der Waals surface area contributed by atoms with E-state index in [1.807, 2.05) is 0 Å². The predicted molar refractivity (Wildman–Crippen MR) is 113 cm³/mol. The standard InChI is InChI=1S/C24H17F3N2O3/c1-32-19-13-11-18(12-14-19)29-22(16-5-3-2-4-6-16)20(23(30)31)21(28-29)15-7-9-17(10-8-15)24(25,26)27/h2-14H,1H3,(H,30,31). The number of hydrogen-bond donors (Lipinski definition) is 1. The van der Waals surface area contributed by atoms with Gasteiger partial charge in [0.25, 0.3) is 0 Å². The minimum Gasteiger partial charge on any atom is -0.497 e. The second kappa shape index (κ2) is 8.22. The van der Waals surface area contributed by atoms with Gasteiger partial charge in [-0.05, 0) is 36.4 Å². The van der Waals surface area contributed by atoms with Crippen molar-refractivity contribution in [2.24, 2.45) is 0 Å². The second-order valence-electron chi connectivity index (χ2n) is 6.93. The van der Waals surface area contributed by atoms with Crippen LogP contribution in [0.1, 0.15) is 15.9 Å². The lowest BCUT2D eigenvalue weighted by atomic mass is 10.0. The van der Waals surface area contributed by atoms with Gasteiger partial charge in [0.1, 0.15) is 17.0 Å². The largest absolute Gasteiger partial charge is 0.497 e. The number of nitrogens with zero attached hydrogens (tertiary/aromatic N) is 2. The fourth-order valence-corrected chi connectivity index (χ4v) is 3.41. The van der Waals surface area contributed by atoms with Crippen LogP contribution in [0.15, 0.2) is 78.9 Å². The molecule has 0 atom stereocenters. The molecule has 0 bridgehead atoms. The molecule has 0 unspecified atom stereocenters. The summed E-state index contributed by atoms with van der Waals surface area (Å²) in [7, 11) is 1.53. The van der Waals surface area contributed by atoms with Gasteiger partial charge in [-0.25, -0.2) is 9.48 Å². The molecule has 0 fully saturated rings. The molecule has 0 spiro atoms. The van der Waals surface area contributed by atoms with E-state index in [1.54, 1.807) is 54.6 Å². The summed E-state index contributed by atoms with van der Waals surface area (Å²) in [6.45, 7) is 0. The molecule has 0 saturated heterocycles. The number of aromatic carboxylic acids is 1. The number of carboxylic acid groups (broad SMARTS) is 1. The van der Waals surface area contributed by atoms with Crippen molar-refractivity contribution in [2.75, 3.05) is 7.11 Å². The lowest BCUT2D eigenvalue weighted by Crippen LogP contribution is -2.04. The van der Waals surface area contributed by atoms with Gasteiger partial charge in [-0.15, -0.1) is 0 Å². The number of hydrogen-bond acceptors (Lipinski definition) is 3. The number of halogens is 3. The number of ether oxygens (including phenoxy) is 1. The number of rotatable bonds is 5. The number of carboxylic acids is 1. The molecule has 0 aliphatic heterocycles. The van der Waals surface area contributed by atoms with E-state index in [9.17, 15) is 23.1 Å². The first kappa shape index (κ1) is 21.2. The Labute approximate surface area is 181 Å². The van der Waals surface area contributed by atoms with E-state index in [1.165, 1.54) is 23.9 Å². The Bertz CT molecular complexity index is 1250. The molecule has 0 aliphatic rings. The molecule has 1 heterocycles. The fraction of sp³-hybridized carbons (Fsp3) is 0.0833. The quantitative estimate of drug-likeness (QED) is 0.419. The molecule has 1 N–H and O–H groups in total. The third-order valence-electron chi connectivity index (χ3n) is 4.95. The topological polar surface area (TPSA) is 64.4 Å². The molecule has 32 heavy (non-hydrogen) atoms. The third-order valence-corrected chi connectivity index (χ3v) is 4.95. The molecule has 4 rings (SSSR count). The van der Waals surface area contributed by atoms with E-state index in [4.69, 9.17) is 4.74 Å². The summed E-state index contributed by atoms with van der Waals surface area (Å²) in [5, 5.41) is 14.6. The maximum atomic E-state index is 13.0. The van der Waals surface area contributed by atoms with Crippen molar-refractivity contribution in [2.45, 2.75) is 6.18 Å². The zero-order chi connectivity index (χ0) is 22.9. The number of methoxy groups -OCH3 is 1. The van der Waals surface area contributed by atoms with Gasteiger partial charge in [0, 0.05) is 11.1 Å². The second-order valence-corrected chi connectivity index (χ2v) is 6.93. The summed E-state index contributed by atoms with van der Waals surface area (Å²) in [5.41, 5.74) is 0.901. The van der Waals surface area contributed by atoms with Gasteiger partial charge in [-0.1, -0.05) is 42.5 Å². The van der Waals surface area contributed by atoms with Crippen molar-refractivity contribution < 1.29 is 27.8 Å². The maximum Gasteiger partial charge on any atom is 0.416 e. The molecular weight excluding hydrogens is 421 g/mol. The van der Waals surface area contributed by atoms with Crippen LogP contribution < -0.4 is 4.74 Å². The van der Waals surface area contributed by atoms with Crippen LogP contribution in [0.4, 0.5) is 13.2 Å². The van der Waals surface area contributed by atoms with Crippen LogP contribution in [0.25, 0.3) is 28.2 Å². The van der Waals surface area contributed by atoms with Crippen molar-refractivity contribution in [1.82, 2.24) is 9.78 Å². The number of benzene rings is 3. The lowest BCUT2D eigenvalue weighted by molar-refractivity contribution is -0.137. The van der Waals surface area contributed by atoms with Crippen molar-refractivity contribution in [1.29, 1.82) is 0 Å². The SMILES string of the molecule is COc1ccc(-n2nc(-c3ccc(C(F)(F)F)cc3)c(C(=O)O)c2-c2ccccc2)cc1. The highest BCUT2D eigenvalue weighted by Crippen LogP contribution is 2.36. The zero-order valence-electron chi connectivity index (χ0n) is 16.8. The Morgan fingerprint density at radius 1 is 0.906 bits per heavy atom. The van der Waals surface area contributed by atoms with Gasteiger partial charge >= 0.3 is 12.1 Å². The minimum atomic E-state index is -4.49. The van der Waals surface area contributed by atoms with E-state index in [0.29, 0.717) is 22.7 Å². The van der Waals surface area contributed by atoms with Gasteiger partial charge in [-0.2, -0.15) is 18.3 Å². The monoisotopic (exact) mass is 438 g/mol. The normalized spacial score (nSPS) is 11.4. The first-order valence-electron chi connectivity index (χ1n) is 9.53. The van der Waals surface area contributed by atoms with Gasteiger partial charge in [0.05, 0.1) is 24.1 Å². The summed E-state index contributed by atoms with van der Waals surface area (Å²) in [4.78, 5) is 12.3. The van der Waals surface area contributed by atoms with Gasteiger partial charge in [0.15, 0.2) is 0 Å². The van der Waals surface area contributed by atoms with Gasteiger partial charge in [0.2, 0.25) is 0 Å². The van der Waals surface area contributed by atoms with E-state index >= 15 is 0 Å². The summed E-state index contributed by atoms with van der Waals surface area (Å²) in [6, 6.07) is 20.0. The van der Waals surface area contributed by atoms with Gasteiger partial charge in [-0.3, -0.25) is 0 Å². The van der Waals surface area contributed by atoms with Gasteiger partial charge < -0.3 is 9.84 Å². The molecule has 4 aromatic rings. The molecule has 5 nitrogen and oxygen atoms in total. The molecule has 3 aromatic carbocycles. The molecule has 0 amide bonds. The van der Waals surface area contributed by atoms with E-state index < -0.39 is 17.7 Å². The molecule has 1 aromatic heterocycles. The highest BCUT2D eigenvalue weighted by atomic mass is 19.4. The van der Waals surface area contributed by atoms with Crippen molar-refractivity contribution in [3.8, 4) is 34.0 Å². The zero-order valence-corrected chi connectivity index (χ0v) is 16.8. The van der Waals surface area contributed by atoms with Crippen molar-refractivity contribution in [3.63, 3.8) is 0 Å². The van der Waals surface area contributed by atoms with Crippen molar-refractivity contribution >= 4 is 5.97 Å². The summed E-state index contributed by atoms with van der Waals surface area (Å²) in [6.07, 6.45) is -4.49. The van der Waals surface area contributed by atoms with Crippen LogP contribution in [0.3, 0.4) is 0 Å². The summed E-state index contributed by atoms with van der Waals surface area (Å²) < 4.78 is 45.6. The summed E-state index contributed by atoms with van der Waals surface area (Å²) >= 11 is 0. The Balaban J connectivity index is 1.96. The number of aromatic nitrogens is 2. The predicted octanol–water partition coefficient (Wildman–Crippen LogP) is 5.93. The van der Waals surface area contributed by atoms with E-state index in [2.05, 4.69) is 5.10 Å². The van der Waals surface area contributed by atoms with Crippen LogP contribution >= 0.6 is 0 Å². The molecule has 0 saturated carbocycles. The van der Waals surface area contributed by atoms with Crippen LogP contribution in [0.5, 0.6) is 5.75 Å². The number of alkyl halides is 3. The molecular formula is C24H17F3N2O3. The smallest absolute Gasteiger partial charge is 0.416 e. The third kappa shape index (κ3) is 3.94. The van der Waals surface area contributed by atoms with Crippen LogP contribution in [-0.2, 0) is 6.18 Å².